The lowest BCUT2D eigenvalue weighted by molar-refractivity contribution is -0.131. The fraction of sp³-hybridized carbons (Fsp3) is 0.462. The van der Waals surface area contributed by atoms with E-state index < -0.39 is 5.78 Å². The molecule has 9 heteroatoms. The van der Waals surface area contributed by atoms with Crippen LogP contribution in [0.15, 0.2) is 24.3 Å². The number of benzene rings is 2. The van der Waals surface area contributed by atoms with E-state index in [2.05, 4.69) is 0 Å². The third kappa shape index (κ3) is 6.86. The third-order valence-electron chi connectivity index (χ3n) is 5.79. The first-order valence-electron chi connectivity index (χ1n) is 11.4. The van der Waals surface area contributed by atoms with Gasteiger partial charge in [-0.15, -0.1) is 0 Å². The van der Waals surface area contributed by atoms with E-state index in [-0.39, 0.29) is 35.0 Å². The van der Waals surface area contributed by atoms with E-state index in [1.54, 1.807) is 24.1 Å². The van der Waals surface area contributed by atoms with Crippen LogP contribution in [0.4, 0.5) is 0 Å². The van der Waals surface area contributed by atoms with Crippen LogP contribution < -0.4 is 9.47 Å². The Bertz CT molecular complexity index is 1040. The lowest BCUT2D eigenvalue weighted by Crippen LogP contribution is -2.39. The van der Waals surface area contributed by atoms with E-state index in [0.29, 0.717) is 55.3 Å². The number of hydrogen-bond donors (Lipinski definition) is 2. The van der Waals surface area contributed by atoms with Crippen LogP contribution in [0.1, 0.15) is 34.0 Å². The van der Waals surface area contributed by atoms with Crippen molar-refractivity contribution in [3.05, 3.63) is 46.5 Å². The van der Waals surface area contributed by atoms with Gasteiger partial charge in [0.2, 0.25) is 5.91 Å². The molecule has 0 saturated heterocycles. The lowest BCUT2D eigenvalue weighted by Gasteiger charge is -2.25. The molecule has 0 fully saturated rings. The Labute approximate surface area is 206 Å². The highest BCUT2D eigenvalue weighted by molar-refractivity contribution is 6.12. The van der Waals surface area contributed by atoms with Crippen LogP contribution in [-0.4, -0.2) is 93.4 Å². The molecular weight excluding hydrogens is 452 g/mol. The van der Waals surface area contributed by atoms with Gasteiger partial charge < -0.3 is 34.2 Å². The SMILES string of the molecule is CCc1c(O)cc(O)c(C(=O)c2ccc(OC)c(OC)c2)c1CC(=O)N(CCOC)CCN(C)C. The average Bonchev–Trinajstić information content (AvgIpc) is 2.83. The van der Waals surface area contributed by atoms with Crippen LogP contribution in [0.3, 0.4) is 0 Å². The van der Waals surface area contributed by atoms with Crippen molar-refractivity contribution in [1.29, 1.82) is 0 Å². The number of rotatable bonds is 13. The Hall–Kier alpha value is -3.30. The van der Waals surface area contributed by atoms with Crippen molar-refractivity contribution in [3.8, 4) is 23.0 Å². The highest BCUT2D eigenvalue weighted by Gasteiger charge is 2.27. The number of aromatic hydroxyl groups is 2. The highest BCUT2D eigenvalue weighted by Crippen LogP contribution is 2.36. The van der Waals surface area contributed by atoms with Crippen LogP contribution in [0.2, 0.25) is 0 Å². The number of ketones is 1. The van der Waals surface area contributed by atoms with Gasteiger partial charge in [-0.25, -0.2) is 0 Å². The topological polar surface area (TPSA) is 109 Å². The second-order valence-corrected chi connectivity index (χ2v) is 8.35. The zero-order chi connectivity index (χ0) is 26.1. The van der Waals surface area contributed by atoms with Crippen molar-refractivity contribution in [2.24, 2.45) is 0 Å². The van der Waals surface area contributed by atoms with Crippen molar-refractivity contribution in [3.63, 3.8) is 0 Å². The second-order valence-electron chi connectivity index (χ2n) is 8.35. The van der Waals surface area contributed by atoms with Gasteiger partial charge in [0.15, 0.2) is 17.3 Å². The standard InChI is InChI=1S/C26H36N2O7/c1-7-18-19(15-24(31)28(12-13-33-4)11-10-27(2)3)25(21(30)16-20(18)29)26(32)17-8-9-22(34-5)23(14-17)35-6/h8-9,14,16,29-30H,7,10-13,15H2,1-6H3. The van der Waals surface area contributed by atoms with Crippen LogP contribution in [0.25, 0.3) is 0 Å². The molecule has 0 bridgehead atoms. The molecule has 0 unspecified atom stereocenters. The minimum Gasteiger partial charge on any atom is -0.508 e. The number of phenols is 2. The van der Waals surface area contributed by atoms with E-state index >= 15 is 0 Å². The summed E-state index contributed by atoms with van der Waals surface area (Å²) in [5.74, 6) is -0.451. The summed E-state index contributed by atoms with van der Waals surface area (Å²) in [6.07, 6.45) is 0.216. The predicted molar refractivity (Wildman–Crippen MR) is 133 cm³/mol. The van der Waals surface area contributed by atoms with Gasteiger partial charge in [-0.2, -0.15) is 0 Å². The van der Waals surface area contributed by atoms with Gasteiger partial charge in [0.05, 0.1) is 32.8 Å². The van der Waals surface area contributed by atoms with Gasteiger partial charge in [0.25, 0.3) is 0 Å². The van der Waals surface area contributed by atoms with Gasteiger partial charge in [-0.1, -0.05) is 6.92 Å². The Morgan fingerprint density at radius 3 is 2.14 bits per heavy atom. The Balaban J connectivity index is 2.55. The summed E-state index contributed by atoms with van der Waals surface area (Å²) in [4.78, 5) is 30.6. The molecule has 0 atom stereocenters. The molecule has 2 aromatic carbocycles. The summed E-state index contributed by atoms with van der Waals surface area (Å²) in [5.41, 5.74) is 0.990. The van der Waals surface area contributed by atoms with E-state index in [1.807, 2.05) is 25.9 Å². The smallest absolute Gasteiger partial charge is 0.227 e. The van der Waals surface area contributed by atoms with Crippen molar-refractivity contribution in [1.82, 2.24) is 9.80 Å². The Morgan fingerprint density at radius 1 is 0.886 bits per heavy atom. The van der Waals surface area contributed by atoms with Crippen LogP contribution in [0, 0.1) is 0 Å². The van der Waals surface area contributed by atoms with Crippen molar-refractivity contribution in [2.45, 2.75) is 19.8 Å². The number of ether oxygens (including phenoxy) is 3. The largest absolute Gasteiger partial charge is 0.508 e. The molecule has 35 heavy (non-hydrogen) atoms. The molecule has 0 aliphatic heterocycles. The van der Waals surface area contributed by atoms with E-state index in [1.165, 1.54) is 20.3 Å². The Kier molecular flexibility index (Phi) is 10.4. The van der Waals surface area contributed by atoms with Gasteiger partial charge in [-0.05, 0) is 49.8 Å². The average molecular weight is 489 g/mol. The summed E-state index contributed by atoms with van der Waals surface area (Å²) in [5, 5.41) is 21.2. The zero-order valence-corrected chi connectivity index (χ0v) is 21.4. The molecule has 0 aliphatic carbocycles. The molecule has 0 heterocycles. The number of methoxy groups -OCH3 is 3. The maximum atomic E-state index is 13.6. The number of hydrogen-bond acceptors (Lipinski definition) is 8. The minimum atomic E-state index is -0.488. The van der Waals surface area contributed by atoms with Gasteiger partial charge >= 0.3 is 0 Å². The van der Waals surface area contributed by atoms with Crippen molar-refractivity contribution >= 4 is 11.7 Å². The lowest BCUT2D eigenvalue weighted by atomic mass is 9.89. The fourth-order valence-corrected chi connectivity index (χ4v) is 3.86. The van der Waals surface area contributed by atoms with E-state index in [9.17, 15) is 19.8 Å². The molecule has 9 nitrogen and oxygen atoms in total. The predicted octanol–water partition coefficient (Wildman–Crippen LogP) is 2.49. The van der Waals surface area contributed by atoms with Crippen LogP contribution in [0.5, 0.6) is 23.0 Å². The molecule has 0 saturated carbocycles. The summed E-state index contributed by atoms with van der Waals surface area (Å²) in [6, 6.07) is 5.83. The highest BCUT2D eigenvalue weighted by atomic mass is 16.5. The molecule has 1 amide bonds. The van der Waals surface area contributed by atoms with Crippen molar-refractivity contribution < 1.29 is 34.0 Å². The minimum absolute atomic E-state index is 0.0143. The second kappa shape index (κ2) is 13.0. The van der Waals surface area contributed by atoms with Crippen LogP contribution >= 0.6 is 0 Å². The molecule has 192 valence electrons. The number of nitrogens with zero attached hydrogens (tertiary/aromatic N) is 2. The monoisotopic (exact) mass is 488 g/mol. The normalized spacial score (nSPS) is 10.9. The number of carbonyl (C=O) groups excluding carboxylic acids is 2. The van der Waals surface area contributed by atoms with Crippen molar-refractivity contribution in [2.75, 3.05) is 61.7 Å². The number of phenolic OH excluding ortho intramolecular Hbond substituents is 2. The van der Waals surface area contributed by atoms with Gasteiger partial charge in [0.1, 0.15) is 11.5 Å². The maximum Gasteiger partial charge on any atom is 0.227 e. The first kappa shape index (κ1) is 27.9. The third-order valence-corrected chi connectivity index (χ3v) is 5.79. The summed E-state index contributed by atoms with van der Waals surface area (Å²) < 4.78 is 15.7. The molecular formula is C26H36N2O7. The molecule has 2 rings (SSSR count). The molecule has 2 N–H and O–H groups in total. The van der Waals surface area contributed by atoms with E-state index in [4.69, 9.17) is 14.2 Å². The van der Waals surface area contributed by atoms with Gasteiger partial charge in [0, 0.05) is 38.4 Å². The quantitative estimate of drug-likeness (QED) is 0.414. The summed E-state index contributed by atoms with van der Waals surface area (Å²) in [6.45, 7) is 3.69. The zero-order valence-electron chi connectivity index (χ0n) is 21.4. The summed E-state index contributed by atoms with van der Waals surface area (Å²) >= 11 is 0. The van der Waals surface area contributed by atoms with Crippen LogP contribution in [-0.2, 0) is 22.4 Å². The molecule has 0 radical (unpaired) electrons. The van der Waals surface area contributed by atoms with Gasteiger partial charge in [-0.3, -0.25) is 9.59 Å². The number of carbonyl (C=O) groups is 2. The first-order chi connectivity index (χ1) is 16.7. The maximum absolute atomic E-state index is 13.6. The summed E-state index contributed by atoms with van der Waals surface area (Å²) in [7, 11) is 8.36. The molecule has 0 aliphatic rings. The fourth-order valence-electron chi connectivity index (χ4n) is 3.86. The molecule has 2 aromatic rings. The molecule has 0 spiro atoms. The van der Waals surface area contributed by atoms with E-state index in [0.717, 1.165) is 6.07 Å². The Morgan fingerprint density at radius 2 is 1.57 bits per heavy atom. The number of likely N-dealkylation sites (N-methyl/N-ethyl adjacent to an activating group) is 1. The first-order valence-corrected chi connectivity index (χ1v) is 11.4. The number of amides is 1. The molecule has 0 aromatic heterocycles.